The van der Waals surface area contributed by atoms with Gasteiger partial charge in [0, 0.05) is 6.54 Å². The monoisotopic (exact) mass is 264 g/mol. The predicted molar refractivity (Wildman–Crippen MR) is 74.3 cm³/mol. The van der Waals surface area contributed by atoms with Gasteiger partial charge in [-0.25, -0.2) is 4.39 Å². The number of nitrogen functional groups attached to an aromatic ring is 1. The largest absolute Gasteiger partial charge is 0.396 e. The normalized spacial score (nSPS) is 15.6. The maximum absolute atomic E-state index is 13.2. The van der Waals surface area contributed by atoms with Crippen LogP contribution in [0.25, 0.3) is 0 Å². The van der Waals surface area contributed by atoms with Crippen LogP contribution in [0.15, 0.2) is 18.2 Å². The topological polar surface area (TPSA) is 55.1 Å². The molecule has 0 spiro atoms. The molecule has 1 aliphatic rings. The Morgan fingerprint density at radius 3 is 2.84 bits per heavy atom. The van der Waals surface area contributed by atoms with Crippen LogP contribution in [0, 0.1) is 11.7 Å². The molecule has 0 heterocycles. The molecular weight excluding hydrogens is 243 g/mol. The number of amides is 1. The lowest BCUT2D eigenvalue weighted by Crippen LogP contribution is -2.25. The molecule has 3 nitrogen and oxygen atoms in total. The molecule has 1 aromatic carbocycles. The number of benzene rings is 1. The summed E-state index contributed by atoms with van der Waals surface area (Å²) >= 11 is 0. The van der Waals surface area contributed by atoms with E-state index in [0.29, 0.717) is 6.54 Å². The van der Waals surface area contributed by atoms with Crippen molar-refractivity contribution in [1.82, 2.24) is 5.32 Å². The third kappa shape index (κ3) is 3.69. The molecule has 1 saturated carbocycles. The molecule has 0 saturated heterocycles. The van der Waals surface area contributed by atoms with E-state index < -0.39 is 5.82 Å². The van der Waals surface area contributed by atoms with Crippen molar-refractivity contribution in [3.8, 4) is 0 Å². The Bertz CT molecular complexity index is 442. The minimum atomic E-state index is -0.543. The Morgan fingerprint density at radius 1 is 1.37 bits per heavy atom. The molecule has 0 unspecified atom stereocenters. The second kappa shape index (κ2) is 6.55. The fourth-order valence-electron chi connectivity index (χ4n) is 2.72. The second-order valence-electron chi connectivity index (χ2n) is 5.25. The van der Waals surface area contributed by atoms with Crippen LogP contribution in [0.5, 0.6) is 0 Å². The Labute approximate surface area is 113 Å². The molecule has 1 aromatic rings. The molecule has 4 heteroatoms. The van der Waals surface area contributed by atoms with Crippen LogP contribution in [0.1, 0.15) is 48.9 Å². The molecule has 0 bridgehead atoms. The molecule has 0 atom stereocenters. The number of carbonyl (C=O) groups is 1. The minimum absolute atomic E-state index is 0.0733. The first-order valence-corrected chi connectivity index (χ1v) is 7.00. The number of hydrogen-bond acceptors (Lipinski definition) is 2. The van der Waals surface area contributed by atoms with Crippen LogP contribution in [0.2, 0.25) is 0 Å². The smallest absolute Gasteiger partial charge is 0.253 e. The average Bonchev–Trinajstić information content (AvgIpc) is 2.91. The molecule has 0 radical (unpaired) electrons. The van der Waals surface area contributed by atoms with Crippen molar-refractivity contribution in [2.45, 2.75) is 38.5 Å². The van der Waals surface area contributed by atoms with Crippen LogP contribution in [0.3, 0.4) is 0 Å². The Balaban J connectivity index is 1.76. The van der Waals surface area contributed by atoms with E-state index in [1.54, 1.807) is 6.07 Å². The molecule has 104 valence electrons. The Hall–Kier alpha value is -1.58. The Kier molecular flexibility index (Phi) is 4.77. The number of carbonyl (C=O) groups excluding carboxylic acids is 1. The van der Waals surface area contributed by atoms with Gasteiger partial charge in [0.15, 0.2) is 0 Å². The summed E-state index contributed by atoms with van der Waals surface area (Å²) in [6.07, 6.45) is 7.48. The van der Waals surface area contributed by atoms with Gasteiger partial charge in [0.1, 0.15) is 5.82 Å². The summed E-state index contributed by atoms with van der Waals surface area (Å²) in [6, 6.07) is 4.30. The fourth-order valence-corrected chi connectivity index (χ4v) is 2.72. The lowest BCUT2D eigenvalue weighted by molar-refractivity contribution is 0.0953. The minimum Gasteiger partial charge on any atom is -0.396 e. The van der Waals surface area contributed by atoms with Gasteiger partial charge < -0.3 is 11.1 Å². The van der Waals surface area contributed by atoms with Crippen molar-refractivity contribution in [2.24, 2.45) is 5.92 Å². The van der Waals surface area contributed by atoms with E-state index in [2.05, 4.69) is 5.32 Å². The zero-order chi connectivity index (χ0) is 13.7. The van der Waals surface area contributed by atoms with Crippen molar-refractivity contribution >= 4 is 11.6 Å². The highest BCUT2D eigenvalue weighted by Crippen LogP contribution is 2.28. The van der Waals surface area contributed by atoms with Gasteiger partial charge in [-0.15, -0.1) is 0 Å². The number of para-hydroxylation sites is 1. The number of anilines is 1. The molecule has 2 rings (SSSR count). The van der Waals surface area contributed by atoms with Gasteiger partial charge in [-0.05, 0) is 30.9 Å². The summed E-state index contributed by atoms with van der Waals surface area (Å²) in [5, 5.41) is 2.81. The number of hydrogen-bond donors (Lipinski definition) is 2. The third-order valence-corrected chi connectivity index (χ3v) is 3.85. The van der Waals surface area contributed by atoms with Gasteiger partial charge in [-0.3, -0.25) is 4.79 Å². The summed E-state index contributed by atoms with van der Waals surface area (Å²) < 4.78 is 13.2. The highest BCUT2D eigenvalue weighted by Gasteiger charge is 2.15. The number of nitrogens with two attached hydrogens (primary N) is 1. The van der Waals surface area contributed by atoms with Crippen LogP contribution in [-0.2, 0) is 0 Å². The summed E-state index contributed by atoms with van der Waals surface area (Å²) in [5.74, 6) is -0.00170. The van der Waals surface area contributed by atoms with Crippen LogP contribution < -0.4 is 11.1 Å². The van der Waals surface area contributed by atoms with E-state index >= 15 is 0 Å². The van der Waals surface area contributed by atoms with E-state index in [0.717, 1.165) is 12.3 Å². The summed E-state index contributed by atoms with van der Waals surface area (Å²) in [6.45, 7) is 0.630. The Morgan fingerprint density at radius 2 is 2.11 bits per heavy atom. The lowest BCUT2D eigenvalue weighted by atomic mass is 10.0. The number of rotatable bonds is 5. The van der Waals surface area contributed by atoms with E-state index in [1.165, 1.54) is 44.2 Å². The standard InChI is InChI=1S/C15H21FN2O/c16-13-9-3-8-12(14(13)17)15(19)18-10-4-7-11-5-1-2-6-11/h3,8-9,11H,1-2,4-7,10,17H2,(H,18,19). The summed E-state index contributed by atoms with van der Waals surface area (Å²) in [7, 11) is 0. The van der Waals surface area contributed by atoms with Crippen LogP contribution in [-0.4, -0.2) is 12.5 Å². The molecular formula is C15H21FN2O. The van der Waals surface area contributed by atoms with E-state index in [4.69, 9.17) is 5.73 Å². The van der Waals surface area contributed by atoms with Crippen molar-refractivity contribution in [3.63, 3.8) is 0 Å². The zero-order valence-electron chi connectivity index (χ0n) is 11.1. The molecule has 1 fully saturated rings. The second-order valence-corrected chi connectivity index (χ2v) is 5.25. The average molecular weight is 264 g/mol. The SMILES string of the molecule is Nc1c(F)cccc1C(=O)NCCCC1CCCC1. The van der Waals surface area contributed by atoms with Gasteiger partial charge in [0.25, 0.3) is 5.91 Å². The van der Waals surface area contributed by atoms with E-state index in [-0.39, 0.29) is 17.2 Å². The van der Waals surface area contributed by atoms with Gasteiger partial charge >= 0.3 is 0 Å². The first-order chi connectivity index (χ1) is 9.18. The van der Waals surface area contributed by atoms with Gasteiger partial charge in [-0.2, -0.15) is 0 Å². The molecule has 1 aliphatic carbocycles. The van der Waals surface area contributed by atoms with Crippen molar-refractivity contribution < 1.29 is 9.18 Å². The predicted octanol–water partition coefficient (Wildman–Crippen LogP) is 3.11. The maximum atomic E-state index is 13.2. The molecule has 3 N–H and O–H groups in total. The molecule has 0 aromatic heterocycles. The summed E-state index contributed by atoms with van der Waals surface area (Å²) in [5.41, 5.74) is 5.70. The number of nitrogens with one attached hydrogen (secondary N) is 1. The van der Waals surface area contributed by atoms with E-state index in [1.807, 2.05) is 0 Å². The molecule has 1 amide bonds. The van der Waals surface area contributed by atoms with Gasteiger partial charge in [0.2, 0.25) is 0 Å². The van der Waals surface area contributed by atoms with Gasteiger partial charge in [0.05, 0.1) is 11.3 Å². The van der Waals surface area contributed by atoms with Crippen molar-refractivity contribution in [3.05, 3.63) is 29.6 Å². The molecule has 0 aliphatic heterocycles. The quantitative estimate of drug-likeness (QED) is 0.634. The van der Waals surface area contributed by atoms with Crippen molar-refractivity contribution in [2.75, 3.05) is 12.3 Å². The highest BCUT2D eigenvalue weighted by molar-refractivity contribution is 5.99. The maximum Gasteiger partial charge on any atom is 0.253 e. The summed E-state index contributed by atoms with van der Waals surface area (Å²) in [4.78, 5) is 11.9. The highest BCUT2D eigenvalue weighted by atomic mass is 19.1. The first-order valence-electron chi connectivity index (χ1n) is 7.00. The van der Waals surface area contributed by atoms with E-state index in [9.17, 15) is 9.18 Å². The first kappa shape index (κ1) is 13.8. The van der Waals surface area contributed by atoms with Crippen LogP contribution in [0.4, 0.5) is 10.1 Å². The van der Waals surface area contributed by atoms with Gasteiger partial charge in [-0.1, -0.05) is 31.7 Å². The van der Waals surface area contributed by atoms with Crippen LogP contribution >= 0.6 is 0 Å². The zero-order valence-corrected chi connectivity index (χ0v) is 11.1. The lowest BCUT2D eigenvalue weighted by Gasteiger charge is -2.10. The fraction of sp³-hybridized carbons (Fsp3) is 0.533. The molecule has 19 heavy (non-hydrogen) atoms. The van der Waals surface area contributed by atoms with Crippen molar-refractivity contribution in [1.29, 1.82) is 0 Å². The third-order valence-electron chi connectivity index (χ3n) is 3.85. The number of halogens is 1.